The van der Waals surface area contributed by atoms with Crippen LogP contribution in [0.15, 0.2) is 22.4 Å². The number of nitrogens with one attached hydrogen (secondary N) is 1. The van der Waals surface area contributed by atoms with Gasteiger partial charge >= 0.3 is 0 Å². The van der Waals surface area contributed by atoms with E-state index in [0.717, 1.165) is 12.8 Å². The van der Waals surface area contributed by atoms with Gasteiger partial charge in [-0.2, -0.15) is 14.6 Å². The van der Waals surface area contributed by atoms with E-state index in [9.17, 15) is 10.2 Å². The maximum absolute atomic E-state index is 9.76. The Morgan fingerprint density at radius 2 is 2.22 bits per heavy atom. The summed E-state index contributed by atoms with van der Waals surface area (Å²) in [6.07, 6.45) is 7.41. The van der Waals surface area contributed by atoms with E-state index >= 15 is 0 Å². The average Bonchev–Trinajstić information content (AvgIpc) is 3.16. The Bertz CT molecular complexity index is 1000. The smallest absolute Gasteiger partial charge is 0.250 e. The van der Waals surface area contributed by atoms with Crippen molar-refractivity contribution in [1.82, 2.24) is 24.6 Å². The minimum Gasteiger partial charge on any atom is -0.494 e. The molecule has 0 aromatic carbocycles. The molecule has 23 heavy (non-hydrogen) atoms. The van der Waals surface area contributed by atoms with Crippen LogP contribution >= 0.6 is 11.8 Å². The number of hydrogen-bond donors (Lipinski definition) is 3. The lowest BCUT2D eigenvalue weighted by molar-refractivity contribution is 0.425. The van der Waals surface area contributed by atoms with E-state index < -0.39 is 0 Å². The SMILES string of the molecule is CSc1nc(=NC2CC2)n2ncc(=Cc3cc(O)[nH]c3O)c2n1. The van der Waals surface area contributed by atoms with Gasteiger partial charge in [0.05, 0.1) is 12.2 Å². The highest BCUT2D eigenvalue weighted by molar-refractivity contribution is 7.98. The third kappa shape index (κ3) is 2.63. The van der Waals surface area contributed by atoms with Gasteiger partial charge in [0, 0.05) is 16.8 Å². The molecule has 0 spiro atoms. The lowest BCUT2D eigenvalue weighted by atomic mass is 10.2. The number of hydrogen-bond acceptors (Lipinski definition) is 7. The number of thioether (sulfide) groups is 1. The van der Waals surface area contributed by atoms with Crippen LogP contribution in [-0.4, -0.2) is 47.1 Å². The number of aromatic hydroxyl groups is 2. The quantitative estimate of drug-likeness (QED) is 0.591. The number of rotatable bonds is 3. The third-order valence-electron chi connectivity index (χ3n) is 3.51. The van der Waals surface area contributed by atoms with Gasteiger partial charge in [0.25, 0.3) is 5.62 Å². The molecule has 1 saturated carbocycles. The Morgan fingerprint density at radius 1 is 1.39 bits per heavy atom. The molecule has 0 amide bonds. The second-order valence-corrected chi connectivity index (χ2v) is 6.08. The molecule has 118 valence electrons. The second kappa shape index (κ2) is 5.27. The summed E-state index contributed by atoms with van der Waals surface area (Å²) in [6.45, 7) is 0. The summed E-state index contributed by atoms with van der Waals surface area (Å²) in [5.74, 6) is -0.210. The van der Waals surface area contributed by atoms with Crippen LogP contribution in [-0.2, 0) is 0 Å². The first kappa shape index (κ1) is 14.1. The summed E-state index contributed by atoms with van der Waals surface area (Å²) in [7, 11) is 0. The molecule has 1 fully saturated rings. The molecule has 4 rings (SSSR count). The van der Waals surface area contributed by atoms with Crippen molar-refractivity contribution in [2.24, 2.45) is 4.99 Å². The molecule has 0 bridgehead atoms. The number of fused-ring (bicyclic) bond motifs is 1. The molecule has 0 saturated heterocycles. The first-order valence-electron chi connectivity index (χ1n) is 7.10. The van der Waals surface area contributed by atoms with Crippen molar-refractivity contribution >= 4 is 23.5 Å². The molecule has 1 aliphatic rings. The highest BCUT2D eigenvalue weighted by atomic mass is 32.2. The molecule has 3 heterocycles. The second-order valence-electron chi connectivity index (χ2n) is 5.31. The molecular weight excluding hydrogens is 316 g/mol. The van der Waals surface area contributed by atoms with E-state index in [1.165, 1.54) is 17.8 Å². The van der Waals surface area contributed by atoms with E-state index in [1.54, 1.807) is 16.8 Å². The van der Waals surface area contributed by atoms with Gasteiger partial charge in [-0.3, -0.25) is 4.98 Å². The largest absolute Gasteiger partial charge is 0.494 e. The van der Waals surface area contributed by atoms with E-state index in [1.807, 2.05) is 6.26 Å². The van der Waals surface area contributed by atoms with E-state index in [-0.39, 0.29) is 11.8 Å². The first-order chi connectivity index (χ1) is 11.1. The van der Waals surface area contributed by atoms with Crippen molar-refractivity contribution in [1.29, 1.82) is 0 Å². The Labute approximate surface area is 134 Å². The molecule has 0 radical (unpaired) electrons. The number of H-pyrrole nitrogens is 1. The average molecular weight is 330 g/mol. The number of aromatic amines is 1. The van der Waals surface area contributed by atoms with Crippen molar-refractivity contribution in [3.63, 3.8) is 0 Å². The summed E-state index contributed by atoms with van der Waals surface area (Å²) in [5, 5.41) is 24.8. The zero-order chi connectivity index (χ0) is 16.0. The third-order valence-corrected chi connectivity index (χ3v) is 4.06. The Balaban J connectivity index is 1.96. The fourth-order valence-corrected chi connectivity index (χ4v) is 2.58. The van der Waals surface area contributed by atoms with Gasteiger partial charge in [-0.05, 0) is 25.2 Å². The van der Waals surface area contributed by atoms with Gasteiger partial charge < -0.3 is 10.2 Å². The summed E-state index contributed by atoms with van der Waals surface area (Å²) in [4.78, 5) is 15.9. The molecule has 3 aromatic rings. The predicted molar refractivity (Wildman–Crippen MR) is 84.1 cm³/mol. The molecule has 9 heteroatoms. The van der Waals surface area contributed by atoms with Crippen LogP contribution in [0.5, 0.6) is 11.8 Å². The topological polar surface area (TPSA) is 112 Å². The van der Waals surface area contributed by atoms with Crippen molar-refractivity contribution < 1.29 is 10.2 Å². The van der Waals surface area contributed by atoms with Crippen LogP contribution < -0.4 is 10.8 Å². The van der Waals surface area contributed by atoms with Crippen molar-refractivity contribution in [3.8, 4) is 11.8 Å². The standard InChI is InChI=1S/C14H14N6O2S/c1-23-14-18-11-8(4-7-5-10(21)17-12(7)22)6-15-20(11)13(19-14)16-9-2-3-9/h4-6,9,17,21-22H,2-3H2,1H3. The first-order valence-corrected chi connectivity index (χ1v) is 8.33. The maximum Gasteiger partial charge on any atom is 0.250 e. The fraction of sp³-hybridized carbons (Fsp3) is 0.286. The van der Waals surface area contributed by atoms with Gasteiger partial charge in [-0.25, -0.2) is 9.98 Å². The molecule has 1 aliphatic carbocycles. The molecule has 8 nitrogen and oxygen atoms in total. The lowest BCUT2D eigenvalue weighted by Gasteiger charge is -1.97. The monoisotopic (exact) mass is 330 g/mol. The fourth-order valence-electron chi connectivity index (χ4n) is 2.23. The van der Waals surface area contributed by atoms with Gasteiger partial charge in [0.1, 0.15) is 0 Å². The number of aromatic nitrogens is 5. The maximum atomic E-state index is 9.76. The summed E-state index contributed by atoms with van der Waals surface area (Å²) < 4.78 is 1.60. The molecule has 0 atom stereocenters. The Morgan fingerprint density at radius 3 is 2.87 bits per heavy atom. The molecule has 0 aliphatic heterocycles. The highest BCUT2D eigenvalue weighted by Crippen LogP contribution is 2.23. The lowest BCUT2D eigenvalue weighted by Crippen LogP contribution is -2.23. The van der Waals surface area contributed by atoms with Gasteiger partial charge in [-0.15, -0.1) is 0 Å². The van der Waals surface area contributed by atoms with E-state index in [2.05, 4.69) is 25.0 Å². The zero-order valence-corrected chi connectivity index (χ0v) is 13.1. The Hall–Kier alpha value is -2.55. The highest BCUT2D eigenvalue weighted by Gasteiger charge is 2.20. The summed E-state index contributed by atoms with van der Waals surface area (Å²) in [6, 6.07) is 1.76. The van der Waals surface area contributed by atoms with Crippen LogP contribution in [0.1, 0.15) is 18.4 Å². The molecule has 3 N–H and O–H groups in total. The van der Waals surface area contributed by atoms with E-state index in [0.29, 0.717) is 33.2 Å². The van der Waals surface area contributed by atoms with Crippen molar-refractivity contribution in [2.45, 2.75) is 24.0 Å². The minimum atomic E-state index is -0.108. The van der Waals surface area contributed by atoms with Gasteiger partial charge in [-0.1, -0.05) is 11.8 Å². The zero-order valence-electron chi connectivity index (χ0n) is 12.3. The normalized spacial score (nSPS) is 16.6. The van der Waals surface area contributed by atoms with Gasteiger partial charge in [0.15, 0.2) is 22.6 Å². The van der Waals surface area contributed by atoms with Crippen LogP contribution in [0.2, 0.25) is 0 Å². The number of nitrogens with zero attached hydrogens (tertiary/aromatic N) is 5. The molecule has 3 aromatic heterocycles. The predicted octanol–water partition coefficient (Wildman–Crippen LogP) is 0.196. The van der Waals surface area contributed by atoms with Crippen molar-refractivity contribution in [2.75, 3.05) is 6.26 Å². The summed E-state index contributed by atoms with van der Waals surface area (Å²) in [5.41, 5.74) is 1.62. The van der Waals surface area contributed by atoms with E-state index in [4.69, 9.17) is 0 Å². The van der Waals surface area contributed by atoms with Crippen molar-refractivity contribution in [3.05, 3.63) is 28.7 Å². The van der Waals surface area contributed by atoms with Crippen LogP contribution in [0.4, 0.5) is 0 Å². The van der Waals surface area contributed by atoms with Crippen LogP contribution in [0, 0.1) is 0 Å². The Kier molecular flexibility index (Phi) is 3.22. The summed E-state index contributed by atoms with van der Waals surface area (Å²) >= 11 is 1.44. The molecule has 0 unspecified atom stereocenters. The minimum absolute atomic E-state index is 0.103. The van der Waals surface area contributed by atoms with Gasteiger partial charge in [0.2, 0.25) is 0 Å². The molecular formula is C14H14N6O2S. The van der Waals surface area contributed by atoms with Crippen LogP contribution in [0.25, 0.3) is 11.7 Å². The van der Waals surface area contributed by atoms with Crippen LogP contribution in [0.3, 0.4) is 0 Å².